The molecule has 12 N–H and O–H groups in total. The molecule has 2 saturated heterocycles. The topological polar surface area (TPSA) is 332 Å². The first-order valence-electron chi connectivity index (χ1n) is 29.0. The monoisotopic (exact) mass is 1100 g/mol. The van der Waals surface area contributed by atoms with Crippen LogP contribution in [0.15, 0.2) is 0 Å². The Morgan fingerprint density at radius 1 is 0.667 bits per heavy atom. The molecule has 20 nitrogen and oxygen atoms in total. The van der Waals surface area contributed by atoms with Gasteiger partial charge < -0.3 is 80.2 Å². The highest BCUT2D eigenvalue weighted by Gasteiger charge is 2.70. The molecule has 12 atom stereocenters. The highest BCUT2D eigenvalue weighted by atomic mass is 31.2. The molecule has 2 aliphatic heterocycles. The van der Waals surface area contributed by atoms with Crippen LogP contribution in [0.5, 0.6) is 0 Å². The number of esters is 1. The number of hydrogen-bond donors (Lipinski definition) is 12. The maximum absolute atomic E-state index is 14.0. The van der Waals surface area contributed by atoms with E-state index in [4.69, 9.17) is 18.9 Å². The van der Waals surface area contributed by atoms with E-state index in [1.165, 1.54) is 64.2 Å². The Kier molecular flexibility index (Phi) is 35.7. The van der Waals surface area contributed by atoms with Crippen LogP contribution in [-0.4, -0.2) is 167 Å². The Morgan fingerprint density at radius 2 is 1.15 bits per heavy atom. The van der Waals surface area contributed by atoms with Crippen molar-refractivity contribution in [2.45, 2.75) is 298 Å². The zero-order valence-corrected chi connectivity index (χ0v) is 46.8. The molecule has 21 heteroatoms. The van der Waals surface area contributed by atoms with E-state index >= 15 is 0 Å². The summed E-state index contributed by atoms with van der Waals surface area (Å²) in [6, 6.07) is -1.60. The quantitative estimate of drug-likeness (QED) is 0.0201. The Bertz CT molecular complexity index is 1580. The summed E-state index contributed by atoms with van der Waals surface area (Å²) in [5.41, 5.74) is -3.40. The zero-order valence-electron chi connectivity index (χ0n) is 45.9. The Balaban J connectivity index is 2.25. The number of nitrogens with one attached hydrogen (secondary N) is 2. The van der Waals surface area contributed by atoms with Crippen molar-refractivity contribution in [2.24, 2.45) is 0 Å². The minimum absolute atomic E-state index is 0.101. The molecule has 0 bridgehead atoms. The van der Waals surface area contributed by atoms with Gasteiger partial charge in [0.25, 0.3) is 0 Å². The SMILES string of the molecule is CCCCCCCCCCCC(=O)OC(CCCCCCCCCCC)CC(=O)N[C@]1(P(=O)(O)O)CO[C@H](CO)[C@@](O)(C(O)[C@H]2O[C@H](OCCO)[C@@H](NC(=O)CC(O)CCCCCCCCCCC)[C@@H](O)[C@@H]2O)[C@@H]1O. The van der Waals surface area contributed by atoms with E-state index in [2.05, 4.69) is 31.4 Å². The largest absolute Gasteiger partial charge is 0.462 e. The molecule has 0 aromatic rings. The lowest BCUT2D eigenvalue weighted by Crippen LogP contribution is -2.80. The van der Waals surface area contributed by atoms with E-state index in [1.807, 2.05) is 0 Å². The van der Waals surface area contributed by atoms with Crippen LogP contribution in [0.1, 0.15) is 226 Å². The number of unbranched alkanes of at least 4 members (excludes halogenated alkanes) is 24. The summed E-state index contributed by atoms with van der Waals surface area (Å²) in [6.45, 7) is 3.02. The number of carbonyl (C=O) groups excluding carboxylic acids is 3. The summed E-state index contributed by atoms with van der Waals surface area (Å²) in [5.74, 6) is -2.43. The summed E-state index contributed by atoms with van der Waals surface area (Å²) in [6.07, 6.45) is 9.43. The number of carbonyl (C=O) groups is 3. The van der Waals surface area contributed by atoms with Crippen LogP contribution in [-0.2, 0) is 37.9 Å². The fourth-order valence-corrected chi connectivity index (χ4v) is 11.3. The molecular formula is C54H103N2O18P. The molecule has 0 aromatic carbocycles. The van der Waals surface area contributed by atoms with Gasteiger partial charge in [0.2, 0.25) is 11.8 Å². The minimum Gasteiger partial charge on any atom is -0.462 e. The molecular weight excluding hydrogens is 996 g/mol. The standard InChI is InChI=1S/C54H103N2O18P/c1-4-7-10-13-16-19-22-25-28-31-40(59)36-43(60)55-46-47(63)48(64)49(74-51(46)71-35-34-57)50(65)54(67)42(38-58)72-39-53(52(54)66,75(68,69)70)56-44(61)37-41(32-29-26-23-20-17-14-11-8-5-2)73-45(62)33-30-27-24-21-18-15-12-9-6-3/h40-42,46-52,57-59,63-67H,4-39H2,1-3H3,(H,55,60)(H,56,61)(H2,68,69,70)/t40?,41?,42-,46+,47-,48+,49+,50?,51+,52-,53+,54-/m1/s1. The van der Waals surface area contributed by atoms with Gasteiger partial charge in [-0.15, -0.1) is 0 Å². The molecule has 0 spiro atoms. The van der Waals surface area contributed by atoms with Crippen molar-refractivity contribution < 1.29 is 88.5 Å². The molecule has 2 fully saturated rings. The lowest BCUT2D eigenvalue weighted by molar-refractivity contribution is -0.327. The van der Waals surface area contributed by atoms with Gasteiger partial charge in [-0.2, -0.15) is 0 Å². The van der Waals surface area contributed by atoms with Gasteiger partial charge in [0.05, 0.1) is 45.4 Å². The number of aliphatic hydroxyl groups excluding tert-OH is 7. The van der Waals surface area contributed by atoms with Crippen molar-refractivity contribution in [2.75, 3.05) is 26.4 Å². The molecule has 0 saturated carbocycles. The number of amides is 2. The molecule has 3 unspecified atom stereocenters. The van der Waals surface area contributed by atoms with Crippen LogP contribution < -0.4 is 10.6 Å². The van der Waals surface area contributed by atoms with E-state index in [9.17, 15) is 69.6 Å². The lowest BCUT2D eigenvalue weighted by Gasteiger charge is -2.56. The Morgan fingerprint density at radius 3 is 1.63 bits per heavy atom. The molecule has 2 heterocycles. The summed E-state index contributed by atoms with van der Waals surface area (Å²) in [7, 11) is -5.88. The minimum atomic E-state index is -5.88. The average Bonchev–Trinajstić information content (AvgIpc) is 3.36. The fourth-order valence-electron chi connectivity index (χ4n) is 10.3. The molecule has 0 radical (unpaired) electrons. The molecule has 442 valence electrons. The van der Waals surface area contributed by atoms with E-state index in [-0.39, 0.29) is 12.8 Å². The van der Waals surface area contributed by atoms with Crippen molar-refractivity contribution in [3.8, 4) is 0 Å². The normalized spacial score (nSPS) is 26.4. The van der Waals surface area contributed by atoms with E-state index in [0.29, 0.717) is 25.7 Å². The van der Waals surface area contributed by atoms with Gasteiger partial charge in [-0.05, 0) is 25.7 Å². The van der Waals surface area contributed by atoms with Crippen LogP contribution in [0.2, 0.25) is 0 Å². The average molecular weight is 1100 g/mol. The van der Waals surface area contributed by atoms with Gasteiger partial charge in [-0.1, -0.05) is 181 Å². The highest BCUT2D eigenvalue weighted by Crippen LogP contribution is 2.56. The molecule has 0 aromatic heterocycles. The Hall–Kier alpha value is -1.88. The summed E-state index contributed by atoms with van der Waals surface area (Å²) >= 11 is 0. The van der Waals surface area contributed by atoms with Crippen molar-refractivity contribution in [1.82, 2.24) is 10.6 Å². The molecule has 2 rings (SSSR count). The van der Waals surface area contributed by atoms with Crippen LogP contribution in [0.25, 0.3) is 0 Å². The third-order valence-corrected chi connectivity index (χ3v) is 16.5. The second-order valence-corrected chi connectivity index (χ2v) is 23.2. The first-order chi connectivity index (χ1) is 35.9. The molecule has 0 aliphatic carbocycles. The second kappa shape index (κ2) is 38.7. The summed E-state index contributed by atoms with van der Waals surface area (Å²) in [5, 5.41) is 91.1. The van der Waals surface area contributed by atoms with Gasteiger partial charge in [0.1, 0.15) is 48.8 Å². The molecule has 2 aliphatic rings. The number of hydrogen-bond acceptors (Lipinski definition) is 16. The van der Waals surface area contributed by atoms with Gasteiger partial charge in [0, 0.05) is 6.42 Å². The predicted molar refractivity (Wildman–Crippen MR) is 283 cm³/mol. The number of aliphatic hydroxyl groups is 8. The van der Waals surface area contributed by atoms with Crippen LogP contribution in [0.3, 0.4) is 0 Å². The van der Waals surface area contributed by atoms with E-state index in [0.717, 1.165) is 89.9 Å². The lowest BCUT2D eigenvalue weighted by atomic mass is 9.75. The fraction of sp³-hybridized carbons (Fsp3) is 0.944. The van der Waals surface area contributed by atoms with Crippen LogP contribution >= 0.6 is 7.60 Å². The number of rotatable bonds is 44. The first-order valence-corrected chi connectivity index (χ1v) is 30.6. The van der Waals surface area contributed by atoms with Crippen molar-refractivity contribution in [3.63, 3.8) is 0 Å². The van der Waals surface area contributed by atoms with Crippen molar-refractivity contribution in [1.29, 1.82) is 0 Å². The highest BCUT2D eigenvalue weighted by molar-refractivity contribution is 7.53. The van der Waals surface area contributed by atoms with E-state index in [1.54, 1.807) is 0 Å². The third kappa shape index (κ3) is 24.2. The van der Waals surface area contributed by atoms with Gasteiger partial charge >= 0.3 is 13.6 Å². The van der Waals surface area contributed by atoms with Gasteiger partial charge in [-0.25, -0.2) is 0 Å². The molecule has 2 amide bonds. The van der Waals surface area contributed by atoms with Crippen LogP contribution in [0, 0.1) is 0 Å². The maximum atomic E-state index is 14.0. The van der Waals surface area contributed by atoms with Crippen molar-refractivity contribution >= 4 is 25.4 Å². The zero-order chi connectivity index (χ0) is 55.7. The third-order valence-electron chi connectivity index (χ3n) is 15.0. The number of ether oxygens (including phenoxy) is 4. The molecule has 75 heavy (non-hydrogen) atoms. The summed E-state index contributed by atoms with van der Waals surface area (Å²) < 4.78 is 36.2. The Labute approximate surface area is 448 Å². The van der Waals surface area contributed by atoms with Crippen LogP contribution in [0.4, 0.5) is 0 Å². The maximum Gasteiger partial charge on any atom is 0.356 e. The smallest absolute Gasteiger partial charge is 0.356 e. The van der Waals surface area contributed by atoms with Gasteiger partial charge in [-0.3, -0.25) is 18.9 Å². The van der Waals surface area contributed by atoms with Crippen molar-refractivity contribution in [3.05, 3.63) is 0 Å². The second-order valence-electron chi connectivity index (χ2n) is 21.4. The predicted octanol–water partition coefficient (Wildman–Crippen LogP) is 5.58. The first kappa shape index (κ1) is 69.2. The summed E-state index contributed by atoms with van der Waals surface area (Å²) in [4.78, 5) is 62.1. The van der Waals surface area contributed by atoms with E-state index < -0.39 is 137 Å². The van der Waals surface area contributed by atoms with Gasteiger partial charge in [0.15, 0.2) is 17.2 Å².